The van der Waals surface area contributed by atoms with Gasteiger partial charge >= 0.3 is 0 Å². The number of aromatic nitrogens is 2. The molecule has 0 aliphatic heterocycles. The summed E-state index contributed by atoms with van der Waals surface area (Å²) in [5.41, 5.74) is 0. The van der Waals surface area contributed by atoms with E-state index < -0.39 is 0 Å². The molecule has 0 radical (unpaired) electrons. The molecule has 0 bridgehead atoms. The highest BCUT2D eigenvalue weighted by atomic mass is 32.2. The Balaban J connectivity index is 1.94. The summed E-state index contributed by atoms with van der Waals surface area (Å²) in [6, 6.07) is 2.29. The van der Waals surface area contributed by atoms with Gasteiger partial charge in [0.15, 0.2) is 0 Å². The second kappa shape index (κ2) is 6.98. The molecule has 4 nitrogen and oxygen atoms in total. The summed E-state index contributed by atoms with van der Waals surface area (Å²) < 4.78 is 5.59. The Labute approximate surface area is 119 Å². The molecule has 0 aromatic carbocycles. The molecule has 1 fully saturated rings. The van der Waals surface area contributed by atoms with Crippen LogP contribution in [0.25, 0.3) is 0 Å². The monoisotopic (exact) mass is 281 g/mol. The Morgan fingerprint density at radius 1 is 1.42 bits per heavy atom. The minimum atomic E-state index is 0.137. The summed E-state index contributed by atoms with van der Waals surface area (Å²) in [5.74, 6) is 1.33. The maximum Gasteiger partial charge on any atom is 0.226 e. The molecule has 1 heterocycles. The van der Waals surface area contributed by atoms with Crippen molar-refractivity contribution in [2.24, 2.45) is 0 Å². The van der Waals surface area contributed by atoms with Crippen molar-refractivity contribution in [1.82, 2.24) is 9.97 Å². The zero-order chi connectivity index (χ0) is 13.7. The average molecular weight is 281 g/mol. The number of hydrogen-bond acceptors (Lipinski definition) is 5. The lowest BCUT2D eigenvalue weighted by Gasteiger charge is -2.28. The molecule has 1 aliphatic rings. The van der Waals surface area contributed by atoms with Gasteiger partial charge in [0, 0.05) is 23.6 Å². The molecule has 1 saturated carbocycles. The van der Waals surface area contributed by atoms with Crippen molar-refractivity contribution in [2.75, 3.05) is 11.6 Å². The summed E-state index contributed by atoms with van der Waals surface area (Å²) in [5, 5.41) is 4.21. The Kier molecular flexibility index (Phi) is 5.31. The van der Waals surface area contributed by atoms with E-state index in [4.69, 9.17) is 4.74 Å². The molecule has 1 N–H and O–H groups in total. The third kappa shape index (κ3) is 4.56. The molecule has 0 spiro atoms. The molecule has 1 aliphatic carbocycles. The third-order valence-corrected chi connectivity index (χ3v) is 4.37. The average Bonchev–Trinajstić information content (AvgIpc) is 2.38. The lowest BCUT2D eigenvalue weighted by molar-refractivity contribution is 0.232. The molecule has 1 aromatic rings. The molecule has 2 unspecified atom stereocenters. The highest BCUT2D eigenvalue weighted by Crippen LogP contribution is 2.28. The van der Waals surface area contributed by atoms with Crippen molar-refractivity contribution in [3.05, 3.63) is 12.3 Å². The molecule has 1 aromatic heterocycles. The quantitative estimate of drug-likeness (QED) is 0.897. The van der Waals surface area contributed by atoms with Gasteiger partial charge in [-0.05, 0) is 39.4 Å². The van der Waals surface area contributed by atoms with Gasteiger partial charge in [-0.2, -0.15) is 16.7 Å². The van der Waals surface area contributed by atoms with Crippen LogP contribution in [0.5, 0.6) is 5.88 Å². The summed E-state index contributed by atoms with van der Waals surface area (Å²) >= 11 is 1.97. The van der Waals surface area contributed by atoms with E-state index in [2.05, 4.69) is 21.5 Å². The van der Waals surface area contributed by atoms with Gasteiger partial charge in [-0.15, -0.1) is 0 Å². The number of ether oxygens (including phenoxy) is 1. The SMILES string of the molecule is CSC1CCCC(Nc2nccc(OC(C)C)n2)C1. The zero-order valence-electron chi connectivity index (χ0n) is 11.9. The lowest BCUT2D eigenvalue weighted by Crippen LogP contribution is -2.29. The Bertz CT molecular complexity index is 400. The van der Waals surface area contributed by atoms with Crippen LogP contribution in [0.2, 0.25) is 0 Å². The van der Waals surface area contributed by atoms with Crippen molar-refractivity contribution in [3.8, 4) is 5.88 Å². The topological polar surface area (TPSA) is 47.0 Å². The Hall–Kier alpha value is -0.970. The van der Waals surface area contributed by atoms with Gasteiger partial charge in [-0.1, -0.05) is 6.42 Å². The second-order valence-electron chi connectivity index (χ2n) is 5.25. The van der Waals surface area contributed by atoms with Crippen LogP contribution in [-0.4, -0.2) is 33.6 Å². The lowest BCUT2D eigenvalue weighted by atomic mass is 9.95. The van der Waals surface area contributed by atoms with Gasteiger partial charge in [0.1, 0.15) is 0 Å². The van der Waals surface area contributed by atoms with E-state index in [1.54, 1.807) is 12.3 Å². The number of nitrogens with one attached hydrogen (secondary N) is 1. The van der Waals surface area contributed by atoms with E-state index in [-0.39, 0.29) is 6.10 Å². The maximum atomic E-state index is 5.59. The third-order valence-electron chi connectivity index (χ3n) is 3.28. The second-order valence-corrected chi connectivity index (χ2v) is 6.39. The first-order valence-corrected chi connectivity index (χ1v) is 8.25. The summed E-state index contributed by atoms with van der Waals surface area (Å²) in [4.78, 5) is 8.69. The zero-order valence-corrected chi connectivity index (χ0v) is 12.7. The fourth-order valence-corrected chi connectivity index (χ4v) is 3.22. The molecule has 0 saturated heterocycles. The van der Waals surface area contributed by atoms with Gasteiger partial charge in [0.2, 0.25) is 11.8 Å². The van der Waals surface area contributed by atoms with E-state index in [0.717, 1.165) is 5.25 Å². The number of rotatable bonds is 5. The van der Waals surface area contributed by atoms with Gasteiger partial charge in [-0.3, -0.25) is 0 Å². The number of nitrogens with zero attached hydrogens (tertiary/aromatic N) is 2. The first-order chi connectivity index (χ1) is 9.17. The van der Waals surface area contributed by atoms with Crippen LogP contribution < -0.4 is 10.1 Å². The predicted molar refractivity (Wildman–Crippen MR) is 81.0 cm³/mol. The molecule has 0 amide bonds. The predicted octanol–water partition coefficient (Wildman–Crippen LogP) is 3.35. The largest absolute Gasteiger partial charge is 0.475 e. The van der Waals surface area contributed by atoms with Crippen LogP contribution in [0.4, 0.5) is 5.95 Å². The molecule has 19 heavy (non-hydrogen) atoms. The molecular weight excluding hydrogens is 258 g/mol. The number of anilines is 1. The number of thioether (sulfide) groups is 1. The van der Waals surface area contributed by atoms with E-state index >= 15 is 0 Å². The fourth-order valence-electron chi connectivity index (χ4n) is 2.39. The highest BCUT2D eigenvalue weighted by molar-refractivity contribution is 7.99. The van der Waals surface area contributed by atoms with Crippen molar-refractivity contribution >= 4 is 17.7 Å². The number of hydrogen-bond donors (Lipinski definition) is 1. The van der Waals surface area contributed by atoms with Crippen LogP contribution in [-0.2, 0) is 0 Å². The minimum Gasteiger partial charge on any atom is -0.475 e. The normalized spacial score (nSPS) is 23.4. The molecular formula is C14H23N3OS. The van der Waals surface area contributed by atoms with Crippen molar-refractivity contribution in [1.29, 1.82) is 0 Å². The standard InChI is InChI=1S/C14H23N3OS/c1-10(2)18-13-7-8-15-14(17-13)16-11-5-4-6-12(9-11)19-3/h7-8,10-12H,4-6,9H2,1-3H3,(H,15,16,17). The van der Waals surface area contributed by atoms with Gasteiger partial charge in [0.25, 0.3) is 0 Å². The van der Waals surface area contributed by atoms with E-state index in [9.17, 15) is 0 Å². The maximum absolute atomic E-state index is 5.59. The van der Waals surface area contributed by atoms with Crippen LogP contribution in [0, 0.1) is 0 Å². The fraction of sp³-hybridized carbons (Fsp3) is 0.714. The molecule has 2 rings (SSSR count). The Morgan fingerprint density at radius 2 is 2.26 bits per heavy atom. The van der Waals surface area contributed by atoms with Crippen LogP contribution >= 0.6 is 11.8 Å². The van der Waals surface area contributed by atoms with Crippen molar-refractivity contribution < 1.29 is 4.74 Å². The minimum absolute atomic E-state index is 0.137. The van der Waals surface area contributed by atoms with Crippen molar-refractivity contribution in [2.45, 2.75) is 56.9 Å². The van der Waals surface area contributed by atoms with E-state index in [1.165, 1.54) is 25.7 Å². The van der Waals surface area contributed by atoms with E-state index in [1.807, 2.05) is 25.6 Å². The van der Waals surface area contributed by atoms with Gasteiger partial charge < -0.3 is 10.1 Å². The highest BCUT2D eigenvalue weighted by Gasteiger charge is 2.21. The molecule has 5 heteroatoms. The molecule has 2 atom stereocenters. The smallest absolute Gasteiger partial charge is 0.226 e. The van der Waals surface area contributed by atoms with Crippen LogP contribution in [0.1, 0.15) is 39.5 Å². The van der Waals surface area contributed by atoms with Gasteiger partial charge in [-0.25, -0.2) is 4.98 Å². The first-order valence-electron chi connectivity index (χ1n) is 6.96. The van der Waals surface area contributed by atoms with Crippen LogP contribution in [0.3, 0.4) is 0 Å². The van der Waals surface area contributed by atoms with Crippen LogP contribution in [0.15, 0.2) is 12.3 Å². The van der Waals surface area contributed by atoms with Gasteiger partial charge in [0.05, 0.1) is 6.10 Å². The van der Waals surface area contributed by atoms with E-state index in [0.29, 0.717) is 17.9 Å². The summed E-state index contributed by atoms with van der Waals surface area (Å²) in [7, 11) is 0. The Morgan fingerprint density at radius 3 is 3.00 bits per heavy atom. The first kappa shape index (κ1) is 14.4. The van der Waals surface area contributed by atoms with Crippen molar-refractivity contribution in [3.63, 3.8) is 0 Å². The summed E-state index contributed by atoms with van der Waals surface area (Å²) in [6.07, 6.45) is 9.10. The molecule has 106 valence electrons. The summed E-state index contributed by atoms with van der Waals surface area (Å²) in [6.45, 7) is 4.00.